The van der Waals surface area contributed by atoms with E-state index in [4.69, 9.17) is 9.05 Å². The molecule has 0 aliphatic carbocycles. The van der Waals surface area contributed by atoms with E-state index < -0.39 is 26.6 Å². The molecule has 1 amide bonds. The van der Waals surface area contributed by atoms with Gasteiger partial charge in [0.1, 0.15) is 13.2 Å². The summed E-state index contributed by atoms with van der Waals surface area (Å²) in [5.74, 6) is -0.217. The zero-order valence-electron chi connectivity index (χ0n) is 35.2. The topological polar surface area (TPSA) is 108 Å². The first-order valence-corrected chi connectivity index (χ1v) is 23.3. The number of quaternary nitrogens is 1. The summed E-state index contributed by atoms with van der Waals surface area (Å²) in [6, 6.07) is -0.905. The minimum absolute atomic E-state index is 0.00798. The Kier molecular flexibility index (Phi) is 35.5. The molecule has 0 saturated heterocycles. The average Bonchev–Trinajstić information content (AvgIpc) is 3.10. The molecule has 0 radical (unpaired) electrons. The van der Waals surface area contributed by atoms with Gasteiger partial charge in [-0.2, -0.15) is 0 Å². The standard InChI is InChI=1S/C44H85N2O6P/c1-6-8-10-12-14-16-18-20-22-24-25-27-29-31-33-35-37-43(47)42(41-52-53(49,50)51-40-39-46(3,4)5)45-44(48)38-36-34-32-30-28-26-23-21-19-17-15-13-11-9-7-2/h21,23,27,29,35,37,42-43,47H,6-20,22,24-26,28,30-34,36,38-41H2,1-5H3,(H-,45,48,49,50)/b23-21-,29-27+,37-35+. The predicted molar refractivity (Wildman–Crippen MR) is 224 cm³/mol. The van der Waals surface area contributed by atoms with Gasteiger partial charge in [0.25, 0.3) is 7.82 Å². The van der Waals surface area contributed by atoms with Crippen molar-refractivity contribution in [2.75, 3.05) is 40.9 Å². The molecule has 0 saturated carbocycles. The summed E-state index contributed by atoms with van der Waals surface area (Å²) in [7, 11) is 1.24. The van der Waals surface area contributed by atoms with Crippen LogP contribution in [0.15, 0.2) is 36.5 Å². The van der Waals surface area contributed by atoms with Crippen molar-refractivity contribution < 1.29 is 32.9 Å². The zero-order valence-corrected chi connectivity index (χ0v) is 36.1. The van der Waals surface area contributed by atoms with Gasteiger partial charge < -0.3 is 28.8 Å². The van der Waals surface area contributed by atoms with Gasteiger partial charge in [-0.25, -0.2) is 0 Å². The van der Waals surface area contributed by atoms with Crippen molar-refractivity contribution in [3.8, 4) is 0 Å². The van der Waals surface area contributed by atoms with Gasteiger partial charge in [-0.15, -0.1) is 0 Å². The Morgan fingerprint density at radius 1 is 0.642 bits per heavy atom. The first kappa shape index (κ1) is 51.7. The van der Waals surface area contributed by atoms with Crippen LogP contribution in [-0.2, 0) is 18.4 Å². The van der Waals surface area contributed by atoms with Gasteiger partial charge in [0.05, 0.1) is 39.9 Å². The van der Waals surface area contributed by atoms with Crippen LogP contribution in [0.2, 0.25) is 0 Å². The number of carbonyl (C=O) groups excluding carboxylic acids is 1. The van der Waals surface area contributed by atoms with Crippen LogP contribution in [0.1, 0.15) is 187 Å². The molecule has 0 rings (SSSR count). The van der Waals surface area contributed by atoms with Gasteiger partial charge in [-0.05, 0) is 57.8 Å². The molecule has 0 fully saturated rings. The molecule has 0 aliphatic heterocycles. The number of likely N-dealkylation sites (N-methyl/N-ethyl adjacent to an activating group) is 1. The molecule has 2 N–H and O–H groups in total. The molecule has 9 heteroatoms. The molecule has 8 nitrogen and oxygen atoms in total. The van der Waals surface area contributed by atoms with E-state index in [9.17, 15) is 19.4 Å². The van der Waals surface area contributed by atoms with Gasteiger partial charge in [-0.1, -0.05) is 159 Å². The average molecular weight is 769 g/mol. The number of carbonyl (C=O) groups is 1. The summed E-state index contributed by atoms with van der Waals surface area (Å²) in [5.41, 5.74) is 0. The highest BCUT2D eigenvalue weighted by Crippen LogP contribution is 2.38. The minimum Gasteiger partial charge on any atom is -0.756 e. The molecule has 0 aromatic carbocycles. The Hall–Kier alpha value is -1.28. The summed E-state index contributed by atoms with van der Waals surface area (Å²) >= 11 is 0. The third-order valence-electron chi connectivity index (χ3n) is 9.57. The van der Waals surface area contributed by atoms with Crippen LogP contribution in [0.4, 0.5) is 0 Å². The van der Waals surface area contributed by atoms with E-state index in [2.05, 4.69) is 43.5 Å². The number of amides is 1. The third-order valence-corrected chi connectivity index (χ3v) is 10.5. The quantitative estimate of drug-likeness (QED) is 0.0279. The van der Waals surface area contributed by atoms with Gasteiger partial charge in [0.2, 0.25) is 5.91 Å². The number of hydrogen-bond donors (Lipinski definition) is 2. The van der Waals surface area contributed by atoms with E-state index >= 15 is 0 Å². The predicted octanol–water partition coefficient (Wildman–Crippen LogP) is 11.3. The van der Waals surface area contributed by atoms with Crippen molar-refractivity contribution in [3.05, 3.63) is 36.5 Å². The van der Waals surface area contributed by atoms with Crippen LogP contribution >= 0.6 is 7.82 Å². The highest BCUT2D eigenvalue weighted by atomic mass is 31.2. The SMILES string of the molecule is CCCCCCCC/C=C\CCCCCCCC(=O)NC(COP(=O)([O-])OCC[N+](C)(C)C)C(O)/C=C/CC/C=C/CCCCCCCCCCCC. The lowest BCUT2D eigenvalue weighted by Crippen LogP contribution is -2.45. The van der Waals surface area contributed by atoms with E-state index in [-0.39, 0.29) is 12.5 Å². The van der Waals surface area contributed by atoms with Crippen molar-refractivity contribution in [3.63, 3.8) is 0 Å². The van der Waals surface area contributed by atoms with Crippen molar-refractivity contribution in [1.82, 2.24) is 5.32 Å². The first-order chi connectivity index (χ1) is 25.5. The number of rotatable bonds is 39. The maximum Gasteiger partial charge on any atom is 0.268 e. The van der Waals surface area contributed by atoms with E-state index in [1.165, 1.54) is 116 Å². The van der Waals surface area contributed by atoms with Crippen molar-refractivity contribution in [1.29, 1.82) is 0 Å². The normalized spacial score (nSPS) is 14.8. The summed E-state index contributed by atoms with van der Waals surface area (Å²) in [6.07, 6.45) is 43.3. The first-order valence-electron chi connectivity index (χ1n) is 21.9. The number of nitrogens with one attached hydrogen (secondary N) is 1. The van der Waals surface area contributed by atoms with Crippen LogP contribution in [-0.4, -0.2) is 68.5 Å². The highest BCUT2D eigenvalue weighted by Gasteiger charge is 2.23. The number of allylic oxidation sites excluding steroid dienone is 5. The number of phosphoric ester groups is 1. The fraction of sp³-hybridized carbons (Fsp3) is 0.841. The number of hydrogen-bond acceptors (Lipinski definition) is 6. The lowest BCUT2D eigenvalue weighted by Gasteiger charge is -2.29. The third kappa shape index (κ3) is 38.8. The van der Waals surface area contributed by atoms with Crippen LogP contribution in [0.5, 0.6) is 0 Å². The zero-order chi connectivity index (χ0) is 39.3. The van der Waals surface area contributed by atoms with Crippen molar-refractivity contribution in [2.45, 2.75) is 199 Å². The monoisotopic (exact) mass is 769 g/mol. The fourth-order valence-electron chi connectivity index (χ4n) is 6.04. The van der Waals surface area contributed by atoms with Crippen molar-refractivity contribution in [2.24, 2.45) is 0 Å². The second kappa shape index (κ2) is 36.4. The van der Waals surface area contributed by atoms with Crippen LogP contribution < -0.4 is 10.2 Å². The minimum atomic E-state index is -4.59. The van der Waals surface area contributed by atoms with E-state index in [1.807, 2.05) is 27.2 Å². The van der Waals surface area contributed by atoms with E-state index in [0.717, 1.165) is 51.4 Å². The van der Waals surface area contributed by atoms with Crippen LogP contribution in [0, 0.1) is 0 Å². The number of unbranched alkanes of at least 4 members (excludes halogenated alkanes) is 22. The molecule has 0 aromatic heterocycles. The Bertz CT molecular complexity index is 964. The molecule has 312 valence electrons. The lowest BCUT2D eigenvalue weighted by atomic mass is 10.1. The number of phosphoric acid groups is 1. The van der Waals surface area contributed by atoms with Gasteiger partial charge >= 0.3 is 0 Å². The van der Waals surface area contributed by atoms with Gasteiger partial charge in [-0.3, -0.25) is 9.36 Å². The van der Waals surface area contributed by atoms with Gasteiger partial charge in [0.15, 0.2) is 0 Å². The second-order valence-corrected chi connectivity index (χ2v) is 17.4. The molecule has 0 heterocycles. The van der Waals surface area contributed by atoms with Crippen molar-refractivity contribution >= 4 is 13.7 Å². The molecule has 3 atom stereocenters. The Balaban J connectivity index is 4.51. The second-order valence-electron chi connectivity index (χ2n) is 16.0. The largest absolute Gasteiger partial charge is 0.756 e. The van der Waals surface area contributed by atoms with Crippen LogP contribution in [0.25, 0.3) is 0 Å². The molecule has 53 heavy (non-hydrogen) atoms. The molecule has 0 bridgehead atoms. The lowest BCUT2D eigenvalue weighted by molar-refractivity contribution is -0.870. The molecular formula is C44H85N2O6P. The maximum absolute atomic E-state index is 12.8. The highest BCUT2D eigenvalue weighted by molar-refractivity contribution is 7.45. The fourth-order valence-corrected chi connectivity index (χ4v) is 6.77. The summed E-state index contributed by atoms with van der Waals surface area (Å²) in [5, 5.41) is 13.7. The van der Waals surface area contributed by atoms with E-state index in [0.29, 0.717) is 17.4 Å². The van der Waals surface area contributed by atoms with E-state index in [1.54, 1.807) is 6.08 Å². The smallest absolute Gasteiger partial charge is 0.268 e. The molecule has 3 unspecified atom stereocenters. The maximum atomic E-state index is 12.8. The summed E-state index contributed by atoms with van der Waals surface area (Å²) < 4.78 is 23.1. The molecule has 0 spiro atoms. The Morgan fingerprint density at radius 2 is 1.06 bits per heavy atom. The van der Waals surface area contributed by atoms with Gasteiger partial charge in [0, 0.05) is 6.42 Å². The molecule has 0 aliphatic rings. The molecule has 0 aromatic rings. The summed E-state index contributed by atoms with van der Waals surface area (Å²) in [4.78, 5) is 25.2. The Morgan fingerprint density at radius 3 is 1.53 bits per heavy atom. The Labute approximate surface area is 327 Å². The number of aliphatic hydroxyl groups is 1. The van der Waals surface area contributed by atoms with Crippen LogP contribution in [0.3, 0.4) is 0 Å². The number of nitrogens with zero attached hydrogens (tertiary/aromatic N) is 1. The molecular weight excluding hydrogens is 683 g/mol. The number of aliphatic hydroxyl groups excluding tert-OH is 1. The summed E-state index contributed by atoms with van der Waals surface area (Å²) in [6.45, 7) is 4.60.